The first-order valence-electron chi connectivity index (χ1n) is 6.28. The molecule has 0 heterocycles. The van der Waals surface area contributed by atoms with Gasteiger partial charge in [-0.1, -0.05) is 25.1 Å². The number of amides is 1. The summed E-state index contributed by atoms with van der Waals surface area (Å²) in [7, 11) is 0. The van der Waals surface area contributed by atoms with Crippen molar-refractivity contribution in [1.29, 1.82) is 0 Å². The number of benzene rings is 1. The van der Waals surface area contributed by atoms with Crippen molar-refractivity contribution >= 4 is 5.91 Å². The lowest BCUT2D eigenvalue weighted by Crippen LogP contribution is -2.39. The second-order valence-electron chi connectivity index (χ2n) is 4.62. The van der Waals surface area contributed by atoms with Gasteiger partial charge in [0.15, 0.2) is 0 Å². The molecule has 0 unspecified atom stereocenters. The van der Waals surface area contributed by atoms with E-state index in [1.54, 1.807) is 18.2 Å². The maximum atomic E-state index is 13.5. The van der Waals surface area contributed by atoms with E-state index < -0.39 is 0 Å². The molecule has 18 heavy (non-hydrogen) atoms. The molecule has 0 bridgehead atoms. The monoisotopic (exact) mass is 252 g/mol. The van der Waals surface area contributed by atoms with Crippen LogP contribution in [-0.4, -0.2) is 29.9 Å². The normalized spacial score (nSPS) is 11.0. The number of nitrogens with one attached hydrogen (secondary N) is 1. The second-order valence-corrected chi connectivity index (χ2v) is 4.62. The second kappa shape index (κ2) is 7.11. The van der Waals surface area contributed by atoms with Crippen molar-refractivity contribution in [2.45, 2.75) is 33.4 Å². The lowest BCUT2D eigenvalue weighted by Gasteiger charge is -2.21. The van der Waals surface area contributed by atoms with Gasteiger partial charge in [0.05, 0.1) is 6.54 Å². The summed E-state index contributed by atoms with van der Waals surface area (Å²) in [5, 5.41) is 2.83. The zero-order valence-electron chi connectivity index (χ0n) is 11.2. The largest absolute Gasteiger partial charge is 0.353 e. The van der Waals surface area contributed by atoms with E-state index in [4.69, 9.17) is 0 Å². The smallest absolute Gasteiger partial charge is 0.234 e. The standard InChI is InChI=1S/C14H21FN2O/c1-4-17(10-14(18)16-11(2)3)9-12-7-5-6-8-13(12)15/h5-8,11H,4,9-10H2,1-3H3,(H,16,18). The van der Waals surface area contributed by atoms with Crippen LogP contribution in [0.5, 0.6) is 0 Å². The van der Waals surface area contributed by atoms with Crippen molar-refractivity contribution in [3.8, 4) is 0 Å². The summed E-state index contributed by atoms with van der Waals surface area (Å²) >= 11 is 0. The predicted molar refractivity (Wildman–Crippen MR) is 70.6 cm³/mol. The first-order valence-corrected chi connectivity index (χ1v) is 6.28. The summed E-state index contributed by atoms with van der Waals surface area (Å²) in [5.41, 5.74) is 0.622. The van der Waals surface area contributed by atoms with Gasteiger partial charge in [0.2, 0.25) is 5.91 Å². The van der Waals surface area contributed by atoms with Gasteiger partial charge < -0.3 is 5.32 Å². The van der Waals surface area contributed by atoms with E-state index in [0.717, 1.165) is 0 Å². The molecule has 0 radical (unpaired) electrons. The van der Waals surface area contributed by atoms with Crippen LogP contribution in [-0.2, 0) is 11.3 Å². The Kier molecular flexibility index (Phi) is 5.78. The van der Waals surface area contributed by atoms with Crippen LogP contribution in [0.3, 0.4) is 0 Å². The molecule has 4 heteroatoms. The van der Waals surface area contributed by atoms with Crippen LogP contribution in [0.1, 0.15) is 26.3 Å². The topological polar surface area (TPSA) is 32.3 Å². The molecule has 1 amide bonds. The Balaban J connectivity index is 2.57. The molecule has 0 saturated heterocycles. The van der Waals surface area contributed by atoms with Gasteiger partial charge in [-0.3, -0.25) is 9.69 Å². The summed E-state index contributed by atoms with van der Waals surface area (Å²) < 4.78 is 13.5. The minimum absolute atomic E-state index is 0.0248. The molecule has 0 spiro atoms. The Labute approximate surface area is 108 Å². The number of rotatable bonds is 6. The van der Waals surface area contributed by atoms with Gasteiger partial charge in [-0.15, -0.1) is 0 Å². The number of carbonyl (C=O) groups excluding carboxylic acids is 1. The third-order valence-electron chi connectivity index (χ3n) is 2.62. The minimum Gasteiger partial charge on any atom is -0.353 e. The molecular weight excluding hydrogens is 231 g/mol. The van der Waals surface area contributed by atoms with E-state index in [9.17, 15) is 9.18 Å². The predicted octanol–water partition coefficient (Wildman–Crippen LogP) is 2.17. The first-order chi connectivity index (χ1) is 8.52. The van der Waals surface area contributed by atoms with Crippen LogP contribution in [0, 0.1) is 5.82 Å². The van der Waals surface area contributed by atoms with Crippen molar-refractivity contribution in [2.75, 3.05) is 13.1 Å². The molecule has 0 fully saturated rings. The summed E-state index contributed by atoms with van der Waals surface area (Å²) in [4.78, 5) is 13.6. The molecule has 3 nitrogen and oxygen atoms in total. The fourth-order valence-corrected chi connectivity index (χ4v) is 1.72. The molecule has 100 valence electrons. The highest BCUT2D eigenvalue weighted by Gasteiger charge is 2.12. The van der Waals surface area contributed by atoms with Gasteiger partial charge in [0.25, 0.3) is 0 Å². The molecule has 1 aromatic rings. The third-order valence-corrected chi connectivity index (χ3v) is 2.62. The fraction of sp³-hybridized carbons (Fsp3) is 0.500. The Hall–Kier alpha value is -1.42. The number of nitrogens with zero attached hydrogens (tertiary/aromatic N) is 1. The minimum atomic E-state index is -0.222. The first kappa shape index (κ1) is 14.6. The highest BCUT2D eigenvalue weighted by molar-refractivity contribution is 5.78. The van der Waals surface area contributed by atoms with E-state index in [1.807, 2.05) is 25.7 Å². The molecule has 0 aliphatic rings. The number of hydrogen-bond donors (Lipinski definition) is 1. The molecule has 0 aliphatic carbocycles. The van der Waals surface area contributed by atoms with Gasteiger partial charge >= 0.3 is 0 Å². The molecule has 1 aromatic carbocycles. The molecule has 0 saturated carbocycles. The van der Waals surface area contributed by atoms with E-state index in [0.29, 0.717) is 25.2 Å². The average molecular weight is 252 g/mol. The molecule has 1 rings (SSSR count). The van der Waals surface area contributed by atoms with Crippen molar-refractivity contribution in [3.05, 3.63) is 35.6 Å². The van der Waals surface area contributed by atoms with E-state index >= 15 is 0 Å². The van der Waals surface area contributed by atoms with Gasteiger partial charge in [0.1, 0.15) is 5.82 Å². The lowest BCUT2D eigenvalue weighted by molar-refractivity contribution is -0.122. The zero-order chi connectivity index (χ0) is 13.5. The number of hydrogen-bond acceptors (Lipinski definition) is 2. The summed E-state index contributed by atoms with van der Waals surface area (Å²) in [6.45, 7) is 7.26. The molecule has 0 aliphatic heterocycles. The van der Waals surface area contributed by atoms with E-state index in [-0.39, 0.29) is 17.8 Å². The van der Waals surface area contributed by atoms with Crippen LogP contribution < -0.4 is 5.32 Å². The molecule has 1 N–H and O–H groups in total. The summed E-state index contributed by atoms with van der Waals surface area (Å²) in [6, 6.07) is 6.79. The summed E-state index contributed by atoms with van der Waals surface area (Å²) in [6.07, 6.45) is 0. The number of halogens is 1. The Morgan fingerprint density at radius 2 is 2.06 bits per heavy atom. The summed E-state index contributed by atoms with van der Waals surface area (Å²) in [5.74, 6) is -0.247. The van der Waals surface area contributed by atoms with Crippen LogP contribution in [0.4, 0.5) is 4.39 Å². The van der Waals surface area contributed by atoms with Crippen LogP contribution in [0.2, 0.25) is 0 Å². The van der Waals surface area contributed by atoms with Gasteiger partial charge in [-0.25, -0.2) is 4.39 Å². The van der Waals surface area contributed by atoms with Crippen molar-refractivity contribution in [1.82, 2.24) is 10.2 Å². The molecule has 0 aromatic heterocycles. The third kappa shape index (κ3) is 4.84. The van der Waals surface area contributed by atoms with Crippen molar-refractivity contribution < 1.29 is 9.18 Å². The Morgan fingerprint density at radius 1 is 1.39 bits per heavy atom. The van der Waals surface area contributed by atoms with Crippen LogP contribution in [0.25, 0.3) is 0 Å². The molecule has 0 atom stereocenters. The maximum Gasteiger partial charge on any atom is 0.234 e. The van der Waals surface area contributed by atoms with Crippen LogP contribution in [0.15, 0.2) is 24.3 Å². The van der Waals surface area contributed by atoms with Gasteiger partial charge in [-0.05, 0) is 26.5 Å². The van der Waals surface area contributed by atoms with Gasteiger partial charge in [-0.2, -0.15) is 0 Å². The number of carbonyl (C=O) groups is 1. The SMILES string of the molecule is CCN(CC(=O)NC(C)C)Cc1ccccc1F. The molecular formula is C14H21FN2O. The lowest BCUT2D eigenvalue weighted by atomic mass is 10.2. The van der Waals surface area contributed by atoms with Crippen LogP contribution >= 0.6 is 0 Å². The maximum absolute atomic E-state index is 13.5. The van der Waals surface area contributed by atoms with E-state index in [1.165, 1.54) is 6.07 Å². The zero-order valence-corrected chi connectivity index (χ0v) is 11.2. The Bertz CT molecular complexity index is 393. The van der Waals surface area contributed by atoms with E-state index in [2.05, 4.69) is 5.32 Å². The number of likely N-dealkylation sites (N-methyl/N-ethyl adjacent to an activating group) is 1. The van der Waals surface area contributed by atoms with Crippen molar-refractivity contribution in [3.63, 3.8) is 0 Å². The fourth-order valence-electron chi connectivity index (χ4n) is 1.72. The highest BCUT2D eigenvalue weighted by Crippen LogP contribution is 2.09. The average Bonchev–Trinajstić information content (AvgIpc) is 2.30. The highest BCUT2D eigenvalue weighted by atomic mass is 19.1. The Morgan fingerprint density at radius 3 is 2.61 bits per heavy atom. The van der Waals surface area contributed by atoms with Gasteiger partial charge in [0, 0.05) is 18.2 Å². The van der Waals surface area contributed by atoms with Crippen molar-refractivity contribution in [2.24, 2.45) is 0 Å². The quantitative estimate of drug-likeness (QED) is 0.841.